The van der Waals surface area contributed by atoms with Gasteiger partial charge in [0.15, 0.2) is 0 Å². The number of carbonyl (C=O) groups excluding carboxylic acids is 2. The molecule has 3 aliphatic heterocycles. The van der Waals surface area contributed by atoms with E-state index < -0.39 is 0 Å². The van der Waals surface area contributed by atoms with Crippen LogP contribution in [0.3, 0.4) is 0 Å². The second-order valence-electron chi connectivity index (χ2n) is 11.6. The van der Waals surface area contributed by atoms with Gasteiger partial charge < -0.3 is 19.7 Å². The van der Waals surface area contributed by atoms with Crippen molar-refractivity contribution in [2.75, 3.05) is 52.5 Å². The molecule has 2 atom stereocenters. The molecule has 0 unspecified atom stereocenters. The zero-order chi connectivity index (χ0) is 26.6. The van der Waals surface area contributed by atoms with Crippen molar-refractivity contribution in [1.82, 2.24) is 35.5 Å². The van der Waals surface area contributed by atoms with Crippen LogP contribution in [0.5, 0.6) is 5.88 Å². The van der Waals surface area contributed by atoms with Gasteiger partial charge in [-0.3, -0.25) is 14.5 Å². The minimum Gasteiger partial charge on any atom is -0.477 e. The Bertz CT molecular complexity index is 1120. The molecule has 4 fully saturated rings. The molecule has 2 amide bonds. The van der Waals surface area contributed by atoms with Crippen molar-refractivity contribution in [2.24, 2.45) is 17.8 Å². The molecule has 5 heterocycles. The first-order valence-electron chi connectivity index (χ1n) is 14.5. The lowest BCUT2D eigenvalue weighted by molar-refractivity contribution is -0.122. The van der Waals surface area contributed by atoms with Gasteiger partial charge in [-0.25, -0.2) is 4.98 Å². The molecule has 6 rings (SSSR count). The predicted octanol–water partition coefficient (Wildman–Crippen LogP) is 1.98. The Morgan fingerprint density at radius 1 is 1.05 bits per heavy atom. The van der Waals surface area contributed by atoms with Gasteiger partial charge in [-0.2, -0.15) is 15.4 Å². The number of likely N-dealkylation sites (tertiary alicyclic amines) is 2. The zero-order valence-electron chi connectivity index (χ0n) is 22.5. The molecule has 0 bridgehead atoms. The third kappa shape index (κ3) is 6.75. The summed E-state index contributed by atoms with van der Waals surface area (Å²) in [5.74, 6) is 2.61. The number of amides is 2. The fourth-order valence-electron chi connectivity index (χ4n) is 6.15. The molecule has 1 aliphatic carbocycles. The molecule has 11 nitrogen and oxygen atoms in total. The number of fused-ring (bicyclic) bond motifs is 1. The number of aromatic amines is 1. The minimum absolute atomic E-state index is 0.00487. The number of H-pyrrole nitrogens is 1. The van der Waals surface area contributed by atoms with Crippen LogP contribution < -0.4 is 10.1 Å². The van der Waals surface area contributed by atoms with Crippen molar-refractivity contribution in [3.05, 3.63) is 35.3 Å². The quantitative estimate of drug-likeness (QED) is 0.498. The van der Waals surface area contributed by atoms with Crippen LogP contribution in [-0.4, -0.2) is 94.6 Å². The van der Waals surface area contributed by atoms with Crippen molar-refractivity contribution >= 4 is 11.8 Å². The van der Waals surface area contributed by atoms with E-state index >= 15 is 0 Å². The van der Waals surface area contributed by atoms with Gasteiger partial charge in [-0.15, -0.1) is 0 Å². The topological polar surface area (TPSA) is 126 Å². The highest BCUT2D eigenvalue weighted by Crippen LogP contribution is 2.40. The Labute approximate surface area is 229 Å². The Hall–Kier alpha value is -3.05. The third-order valence-electron chi connectivity index (χ3n) is 8.65. The first-order chi connectivity index (χ1) is 19.1. The molecule has 0 radical (unpaired) electrons. The molecule has 1 saturated carbocycles. The van der Waals surface area contributed by atoms with E-state index in [1.165, 1.54) is 0 Å². The summed E-state index contributed by atoms with van der Waals surface area (Å²) < 4.78 is 11.6. The molecule has 2 aromatic heterocycles. The van der Waals surface area contributed by atoms with Crippen molar-refractivity contribution in [3.8, 4) is 5.88 Å². The first-order valence-corrected chi connectivity index (χ1v) is 14.5. The molecule has 2 aromatic rings. The molecular weight excluding hydrogens is 498 g/mol. The van der Waals surface area contributed by atoms with Crippen LogP contribution in [0.25, 0.3) is 0 Å². The van der Waals surface area contributed by atoms with E-state index in [4.69, 9.17) is 14.5 Å². The number of pyridine rings is 1. The highest BCUT2D eigenvalue weighted by molar-refractivity contribution is 5.94. The molecule has 2 N–H and O–H groups in total. The summed E-state index contributed by atoms with van der Waals surface area (Å²) in [5, 5.41) is 13.2. The fraction of sp³-hybridized carbons (Fsp3) is 0.679. The molecular formula is C28H39N7O4. The first kappa shape index (κ1) is 26.2. The van der Waals surface area contributed by atoms with Gasteiger partial charge in [-0.1, -0.05) is 0 Å². The smallest absolute Gasteiger partial charge is 0.254 e. The fourth-order valence-corrected chi connectivity index (χ4v) is 6.15. The van der Waals surface area contributed by atoms with Gasteiger partial charge in [0.25, 0.3) is 5.91 Å². The Morgan fingerprint density at radius 2 is 1.82 bits per heavy atom. The lowest BCUT2D eigenvalue weighted by Crippen LogP contribution is -2.37. The lowest BCUT2D eigenvalue weighted by atomic mass is 9.92. The van der Waals surface area contributed by atoms with E-state index in [0.29, 0.717) is 54.8 Å². The number of nitrogens with one attached hydrogen (secondary N) is 2. The molecule has 3 saturated heterocycles. The molecule has 39 heavy (non-hydrogen) atoms. The number of ether oxygens (including phenoxy) is 2. The number of rotatable bonds is 9. The molecule has 0 aromatic carbocycles. The minimum atomic E-state index is 0.00487. The SMILES string of the molecule is O=C(CN1C[C@H]2CCN(C(=O)c3cc(OCC4CCOCC4)nc(C4CC4)c3)CC[C@H]2C1)NCc1cn[nH]n1. The van der Waals surface area contributed by atoms with Gasteiger partial charge in [0.1, 0.15) is 5.69 Å². The summed E-state index contributed by atoms with van der Waals surface area (Å²) in [6.45, 7) is 6.26. The summed E-state index contributed by atoms with van der Waals surface area (Å²) >= 11 is 0. The van der Waals surface area contributed by atoms with Gasteiger partial charge in [0, 0.05) is 62.6 Å². The predicted molar refractivity (Wildman–Crippen MR) is 142 cm³/mol. The van der Waals surface area contributed by atoms with Crippen LogP contribution in [0.15, 0.2) is 18.3 Å². The van der Waals surface area contributed by atoms with Crippen LogP contribution in [0.1, 0.15) is 66.2 Å². The standard InChI is InChI=1S/C28H39N7O4/c36-26(29-13-24-14-30-33-32-24)17-34-15-21-3-7-35(8-4-22(21)16-34)28(37)23-11-25(20-1-2-20)31-27(12-23)39-18-19-5-9-38-10-6-19/h11-12,14,19-22H,1-10,13,15-18H2,(H,29,36)(H,30,32,33)/t21-,22+. The van der Waals surface area contributed by atoms with Crippen LogP contribution >= 0.6 is 0 Å². The van der Waals surface area contributed by atoms with Crippen LogP contribution in [0.2, 0.25) is 0 Å². The largest absolute Gasteiger partial charge is 0.477 e. The van der Waals surface area contributed by atoms with Crippen molar-refractivity contribution < 1.29 is 19.1 Å². The van der Waals surface area contributed by atoms with Crippen molar-refractivity contribution in [2.45, 2.75) is 51.0 Å². The normalized spacial score (nSPS) is 24.3. The third-order valence-corrected chi connectivity index (χ3v) is 8.65. The van der Waals surface area contributed by atoms with Gasteiger partial charge in [0.05, 0.1) is 25.9 Å². The summed E-state index contributed by atoms with van der Waals surface area (Å²) in [6, 6.07) is 3.84. The maximum Gasteiger partial charge on any atom is 0.254 e. The Kier molecular flexibility index (Phi) is 8.05. The van der Waals surface area contributed by atoms with Gasteiger partial charge in [-0.05, 0) is 62.3 Å². The highest BCUT2D eigenvalue weighted by Gasteiger charge is 2.37. The van der Waals surface area contributed by atoms with Gasteiger partial charge in [0.2, 0.25) is 11.8 Å². The van der Waals surface area contributed by atoms with Crippen molar-refractivity contribution in [3.63, 3.8) is 0 Å². The number of hydrogen-bond acceptors (Lipinski definition) is 8. The summed E-state index contributed by atoms with van der Waals surface area (Å²) in [4.78, 5) is 35.1. The molecule has 210 valence electrons. The monoisotopic (exact) mass is 537 g/mol. The number of hydrogen-bond donors (Lipinski definition) is 2. The van der Waals surface area contributed by atoms with E-state index in [-0.39, 0.29) is 11.8 Å². The van der Waals surface area contributed by atoms with Crippen LogP contribution in [0.4, 0.5) is 0 Å². The van der Waals surface area contributed by atoms with Gasteiger partial charge >= 0.3 is 0 Å². The number of nitrogens with zero attached hydrogens (tertiary/aromatic N) is 5. The molecule has 11 heteroatoms. The van der Waals surface area contributed by atoms with E-state index in [1.54, 1.807) is 6.20 Å². The van der Waals surface area contributed by atoms with Crippen LogP contribution in [0, 0.1) is 17.8 Å². The second kappa shape index (κ2) is 12.0. The Balaban J connectivity index is 1.02. The summed E-state index contributed by atoms with van der Waals surface area (Å²) in [7, 11) is 0. The summed E-state index contributed by atoms with van der Waals surface area (Å²) in [5.41, 5.74) is 2.41. The van der Waals surface area contributed by atoms with Crippen LogP contribution in [-0.2, 0) is 16.1 Å². The Morgan fingerprint density at radius 3 is 2.51 bits per heavy atom. The van der Waals surface area contributed by atoms with E-state index in [1.807, 2.05) is 17.0 Å². The van der Waals surface area contributed by atoms with Crippen molar-refractivity contribution in [1.29, 1.82) is 0 Å². The lowest BCUT2D eigenvalue weighted by Gasteiger charge is -2.23. The molecule has 0 spiro atoms. The molecule has 4 aliphatic rings. The average Bonchev–Trinajstić information content (AvgIpc) is 3.61. The second-order valence-corrected chi connectivity index (χ2v) is 11.6. The zero-order valence-corrected chi connectivity index (χ0v) is 22.5. The maximum absolute atomic E-state index is 13.7. The van der Waals surface area contributed by atoms with E-state index in [0.717, 1.165) is 89.3 Å². The number of aromatic nitrogens is 4. The van der Waals surface area contributed by atoms with E-state index in [9.17, 15) is 9.59 Å². The summed E-state index contributed by atoms with van der Waals surface area (Å²) in [6.07, 6.45) is 7.81. The highest BCUT2D eigenvalue weighted by atomic mass is 16.5. The average molecular weight is 538 g/mol. The van der Waals surface area contributed by atoms with E-state index in [2.05, 4.69) is 25.6 Å². The maximum atomic E-state index is 13.7. The number of carbonyl (C=O) groups is 2.